The molecule has 0 aromatic heterocycles. The zero-order valence-electron chi connectivity index (χ0n) is 18.4. The molecule has 0 unspecified atom stereocenters. The molecule has 2 aliphatic heterocycles. The summed E-state index contributed by atoms with van der Waals surface area (Å²) >= 11 is 0. The number of nitro groups is 1. The van der Waals surface area contributed by atoms with E-state index in [-0.39, 0.29) is 29.9 Å². The summed E-state index contributed by atoms with van der Waals surface area (Å²) in [5, 5.41) is 13.9. The number of carbonyl (C=O) groups excluding carboxylic acids is 2. The molecule has 2 aliphatic rings. The van der Waals surface area contributed by atoms with E-state index in [0.29, 0.717) is 38.9 Å². The van der Waals surface area contributed by atoms with Crippen molar-refractivity contribution in [1.82, 2.24) is 9.80 Å². The number of rotatable bonds is 7. The number of hydrogen-bond acceptors (Lipinski definition) is 6. The maximum absolute atomic E-state index is 13.1. The Kier molecular flexibility index (Phi) is 8.29. The Labute approximate surface area is 193 Å². The van der Waals surface area contributed by atoms with Crippen molar-refractivity contribution in [2.75, 3.05) is 38.0 Å². The number of nitrogens with zero attached hydrogens (tertiary/aromatic N) is 4. The van der Waals surface area contributed by atoms with Gasteiger partial charge in [0.15, 0.2) is 5.84 Å². The average molecular weight is 485 g/mol. The monoisotopic (exact) mass is 485 g/mol. The van der Waals surface area contributed by atoms with Crippen LogP contribution in [0, 0.1) is 10.1 Å². The quantitative estimate of drug-likeness (QED) is 0.275. The van der Waals surface area contributed by atoms with Crippen molar-refractivity contribution < 1.29 is 32.4 Å². The maximum atomic E-state index is 13.1. The molecule has 0 saturated carbocycles. The second kappa shape index (κ2) is 11.2. The molecule has 186 valence electrons. The summed E-state index contributed by atoms with van der Waals surface area (Å²) in [6.07, 6.45) is -1.26. The van der Waals surface area contributed by atoms with Crippen LogP contribution in [0.25, 0.3) is 0 Å². The highest BCUT2D eigenvalue weighted by Crippen LogP contribution is 2.24. The molecule has 3 rings (SSSR count). The number of amides is 2. The van der Waals surface area contributed by atoms with Gasteiger partial charge in [-0.15, -0.1) is 13.2 Å². The number of likely N-dealkylation sites (tertiary alicyclic amines) is 2. The van der Waals surface area contributed by atoms with Crippen molar-refractivity contribution in [2.24, 2.45) is 4.99 Å². The van der Waals surface area contributed by atoms with Gasteiger partial charge >= 0.3 is 6.36 Å². The fraction of sp³-hybridized carbons (Fsp3) is 0.571. The first kappa shape index (κ1) is 25.2. The molecule has 1 N–H and O–H groups in total. The number of carbonyl (C=O) groups is 2. The molecule has 0 spiro atoms. The smallest absolute Gasteiger partial charge is 0.406 e. The lowest BCUT2D eigenvalue weighted by molar-refractivity contribution is -0.463. The molecule has 0 aliphatic carbocycles. The van der Waals surface area contributed by atoms with Crippen LogP contribution < -0.4 is 10.1 Å². The highest BCUT2D eigenvalue weighted by atomic mass is 19.4. The van der Waals surface area contributed by atoms with Gasteiger partial charge in [-0.05, 0) is 56.4 Å². The minimum atomic E-state index is -4.84. The van der Waals surface area contributed by atoms with Crippen LogP contribution >= 0.6 is 0 Å². The van der Waals surface area contributed by atoms with E-state index in [1.165, 1.54) is 17.0 Å². The summed E-state index contributed by atoms with van der Waals surface area (Å²) in [6.45, 7) is 0.988. The van der Waals surface area contributed by atoms with Crippen molar-refractivity contribution in [1.29, 1.82) is 0 Å². The number of aliphatic imine (C=N–C) groups is 1. The molecule has 2 heterocycles. The third-order valence-electron chi connectivity index (χ3n) is 5.50. The highest BCUT2D eigenvalue weighted by Gasteiger charge is 2.32. The predicted molar refractivity (Wildman–Crippen MR) is 116 cm³/mol. The number of amidine groups is 1. The number of anilines is 1. The Morgan fingerprint density at radius 3 is 2.41 bits per heavy atom. The van der Waals surface area contributed by atoms with Gasteiger partial charge < -0.3 is 19.9 Å². The number of nitrogens with one attached hydrogen (secondary N) is 1. The Balaban J connectivity index is 1.72. The van der Waals surface area contributed by atoms with Gasteiger partial charge in [0.25, 0.3) is 6.54 Å². The summed E-state index contributed by atoms with van der Waals surface area (Å²) in [5.41, 5.74) is 0.247. The molecule has 10 nitrogen and oxygen atoms in total. The lowest BCUT2D eigenvalue weighted by Crippen LogP contribution is -2.45. The predicted octanol–water partition coefficient (Wildman–Crippen LogP) is 2.68. The fourth-order valence-electron chi connectivity index (χ4n) is 3.92. The first-order chi connectivity index (χ1) is 16.1. The largest absolute Gasteiger partial charge is 0.573 e. The first-order valence-electron chi connectivity index (χ1n) is 11.0. The molecule has 2 fully saturated rings. The number of alkyl halides is 3. The van der Waals surface area contributed by atoms with E-state index in [4.69, 9.17) is 0 Å². The van der Waals surface area contributed by atoms with Crippen molar-refractivity contribution in [3.63, 3.8) is 0 Å². The van der Waals surface area contributed by atoms with Crippen LogP contribution in [-0.4, -0.2) is 77.5 Å². The SMILES string of the molecule is O=C(CN1CCCC[C@H](N=C(C[N+](=O)[O-])Nc2ccc(OC(F)(F)F)cc2)C1=O)N1CCCC1. The standard InChI is InChI=1S/C21H26F3N5O5/c22-21(23,24)34-16-8-6-15(7-9-16)25-18(13-29(32)33)26-17-5-1-2-12-28(20(17)31)14-19(30)27-10-3-4-11-27/h6-9,17H,1-5,10-14H2,(H,25,26)/t17-/m0/s1. The molecule has 1 aromatic rings. The maximum Gasteiger partial charge on any atom is 0.573 e. The number of benzene rings is 1. The van der Waals surface area contributed by atoms with Crippen LogP contribution in [0.5, 0.6) is 5.75 Å². The van der Waals surface area contributed by atoms with E-state index in [0.717, 1.165) is 25.0 Å². The number of halogens is 3. The van der Waals surface area contributed by atoms with Gasteiger partial charge in [-0.1, -0.05) is 0 Å². The molecule has 2 saturated heterocycles. The summed E-state index contributed by atoms with van der Waals surface area (Å²) in [4.78, 5) is 43.6. The summed E-state index contributed by atoms with van der Waals surface area (Å²) < 4.78 is 40.8. The van der Waals surface area contributed by atoms with Crippen LogP contribution in [0.1, 0.15) is 32.1 Å². The Bertz CT molecular complexity index is 916. The molecule has 2 amide bonds. The highest BCUT2D eigenvalue weighted by molar-refractivity contribution is 5.98. The lowest BCUT2D eigenvalue weighted by Gasteiger charge is -2.25. The molecule has 0 bridgehead atoms. The second-order valence-corrected chi connectivity index (χ2v) is 8.12. The van der Waals surface area contributed by atoms with Crippen LogP contribution in [0.15, 0.2) is 29.3 Å². The minimum Gasteiger partial charge on any atom is -0.406 e. The topological polar surface area (TPSA) is 117 Å². The van der Waals surface area contributed by atoms with Crippen molar-refractivity contribution in [3.8, 4) is 5.75 Å². The van der Waals surface area contributed by atoms with Gasteiger partial charge in [-0.3, -0.25) is 24.7 Å². The van der Waals surface area contributed by atoms with E-state index in [1.54, 1.807) is 4.90 Å². The third kappa shape index (κ3) is 7.59. The Morgan fingerprint density at radius 2 is 1.79 bits per heavy atom. The normalized spacial score (nSPS) is 19.7. The average Bonchev–Trinajstić information content (AvgIpc) is 3.24. The Morgan fingerprint density at radius 1 is 1.15 bits per heavy atom. The van der Waals surface area contributed by atoms with Gasteiger partial charge in [-0.2, -0.15) is 0 Å². The zero-order chi connectivity index (χ0) is 24.7. The summed E-state index contributed by atoms with van der Waals surface area (Å²) in [5.74, 6) is -1.05. The second-order valence-electron chi connectivity index (χ2n) is 8.12. The minimum absolute atomic E-state index is 0.0521. The van der Waals surface area contributed by atoms with E-state index < -0.39 is 29.6 Å². The molecule has 1 aromatic carbocycles. The number of hydrogen-bond donors (Lipinski definition) is 1. The van der Waals surface area contributed by atoms with Crippen LogP contribution in [0.4, 0.5) is 18.9 Å². The van der Waals surface area contributed by atoms with Gasteiger partial charge in [-0.25, -0.2) is 0 Å². The van der Waals surface area contributed by atoms with E-state index >= 15 is 0 Å². The van der Waals surface area contributed by atoms with Crippen molar-refractivity contribution in [2.45, 2.75) is 44.5 Å². The van der Waals surface area contributed by atoms with Crippen LogP contribution in [-0.2, 0) is 9.59 Å². The van der Waals surface area contributed by atoms with Gasteiger partial charge in [0.2, 0.25) is 11.8 Å². The third-order valence-corrected chi connectivity index (χ3v) is 5.50. The lowest BCUT2D eigenvalue weighted by atomic mass is 10.1. The van der Waals surface area contributed by atoms with E-state index in [2.05, 4.69) is 15.0 Å². The van der Waals surface area contributed by atoms with Gasteiger partial charge in [0.05, 0.1) is 6.54 Å². The molecule has 0 radical (unpaired) electrons. The van der Waals surface area contributed by atoms with Crippen LogP contribution in [0.2, 0.25) is 0 Å². The van der Waals surface area contributed by atoms with Crippen molar-refractivity contribution >= 4 is 23.3 Å². The molecular weight excluding hydrogens is 459 g/mol. The zero-order valence-corrected chi connectivity index (χ0v) is 18.4. The first-order valence-corrected chi connectivity index (χ1v) is 11.0. The van der Waals surface area contributed by atoms with Gasteiger partial charge in [0.1, 0.15) is 11.8 Å². The van der Waals surface area contributed by atoms with Gasteiger partial charge in [0, 0.05) is 30.2 Å². The fourth-order valence-corrected chi connectivity index (χ4v) is 3.92. The van der Waals surface area contributed by atoms with Crippen LogP contribution in [0.3, 0.4) is 0 Å². The molecule has 34 heavy (non-hydrogen) atoms. The van der Waals surface area contributed by atoms with E-state index in [9.17, 15) is 32.9 Å². The van der Waals surface area contributed by atoms with E-state index in [1.807, 2.05) is 0 Å². The molecule has 13 heteroatoms. The summed E-state index contributed by atoms with van der Waals surface area (Å²) in [6, 6.07) is 3.73. The molecule has 1 atom stereocenters. The molecular formula is C21H26F3N5O5. The summed E-state index contributed by atoms with van der Waals surface area (Å²) in [7, 11) is 0. The number of ether oxygens (including phenoxy) is 1. The van der Waals surface area contributed by atoms with Crippen molar-refractivity contribution in [3.05, 3.63) is 34.4 Å². The Hall–Kier alpha value is -3.38.